The van der Waals surface area contributed by atoms with E-state index in [9.17, 15) is 22.6 Å². The fraction of sp³-hybridized carbons (Fsp3) is 0.500. The number of halogens is 1. The van der Waals surface area contributed by atoms with Crippen LogP contribution in [0.3, 0.4) is 0 Å². The number of amides is 1. The molecule has 12 heteroatoms. The van der Waals surface area contributed by atoms with Crippen LogP contribution < -0.4 is 16.0 Å². The number of carbonyl (C=O) groups excluding carboxylic acids is 2. The van der Waals surface area contributed by atoms with Crippen molar-refractivity contribution >= 4 is 51.2 Å². The first-order valence-electron chi connectivity index (χ1n) is 20.8. The zero-order valence-electron chi connectivity index (χ0n) is 34.6. The Labute approximate surface area is 350 Å². The van der Waals surface area contributed by atoms with Crippen molar-refractivity contribution in [2.45, 2.75) is 122 Å². The van der Waals surface area contributed by atoms with Gasteiger partial charge in [-0.1, -0.05) is 74.0 Å². The summed E-state index contributed by atoms with van der Waals surface area (Å²) in [5.74, 6) is -0.298. The van der Waals surface area contributed by atoms with Gasteiger partial charge in [0, 0.05) is 71.2 Å². The molecule has 3 aliphatic rings. The highest BCUT2D eigenvalue weighted by Gasteiger charge is 2.44. The fourth-order valence-corrected chi connectivity index (χ4v) is 9.41. The van der Waals surface area contributed by atoms with Crippen LogP contribution in [0.4, 0.5) is 11.4 Å². The molecule has 2 aliphatic heterocycles. The van der Waals surface area contributed by atoms with E-state index in [0.29, 0.717) is 45.2 Å². The molecular weight excluding hydrogens is 772 g/mol. The molecule has 1 amide bonds. The molecular formula is C46H61ClN4O6S. The third-order valence-corrected chi connectivity index (χ3v) is 13.0. The minimum absolute atomic E-state index is 0.0552. The highest BCUT2D eigenvalue weighted by atomic mass is 35.5. The number of hydrogen-bond acceptors (Lipinski definition) is 8. The summed E-state index contributed by atoms with van der Waals surface area (Å²) in [6.07, 6.45) is 17.2. The molecule has 0 saturated carbocycles. The van der Waals surface area contributed by atoms with Gasteiger partial charge in [0.05, 0.1) is 15.5 Å². The van der Waals surface area contributed by atoms with Crippen LogP contribution in [0.2, 0.25) is 0 Å². The van der Waals surface area contributed by atoms with Gasteiger partial charge in [0.25, 0.3) is 6.47 Å². The Bertz CT molecular complexity index is 2070. The van der Waals surface area contributed by atoms with Gasteiger partial charge in [-0.05, 0) is 107 Å². The third kappa shape index (κ3) is 11.4. The third-order valence-electron chi connectivity index (χ3n) is 11.7. The predicted molar refractivity (Wildman–Crippen MR) is 232 cm³/mol. The van der Waals surface area contributed by atoms with Crippen LogP contribution in [0.1, 0.15) is 116 Å². The van der Waals surface area contributed by atoms with Crippen molar-refractivity contribution in [2.24, 2.45) is 5.73 Å². The topological polar surface area (TPSA) is 145 Å². The maximum absolute atomic E-state index is 12.4. The monoisotopic (exact) mass is 832 g/mol. The summed E-state index contributed by atoms with van der Waals surface area (Å²) < 4.78 is 40.9. The molecule has 58 heavy (non-hydrogen) atoms. The molecule has 0 bridgehead atoms. The minimum Gasteiger partial charge on any atom is -0.748 e. The van der Waals surface area contributed by atoms with Crippen LogP contribution >= 0.6 is 11.6 Å². The molecule has 1 unspecified atom stereocenters. The predicted octanol–water partition coefficient (Wildman–Crippen LogP) is 8.53. The average Bonchev–Trinajstić information content (AvgIpc) is 3.53. The zero-order chi connectivity index (χ0) is 41.9. The first kappa shape index (κ1) is 45.1. The number of unbranched alkanes of at least 4 members (excludes halogenated alkanes) is 4. The maximum atomic E-state index is 12.4. The minimum atomic E-state index is -4.25. The molecule has 3 N–H and O–H groups in total. The van der Waals surface area contributed by atoms with E-state index in [1.807, 2.05) is 12.1 Å². The molecule has 10 nitrogen and oxygen atoms in total. The van der Waals surface area contributed by atoms with Gasteiger partial charge in [0.15, 0.2) is 11.9 Å². The Morgan fingerprint density at radius 3 is 2.45 bits per heavy atom. The van der Waals surface area contributed by atoms with E-state index < -0.39 is 16.3 Å². The number of nitrogens with one attached hydrogen (secondary N) is 1. The van der Waals surface area contributed by atoms with Gasteiger partial charge in [-0.15, -0.1) is 0 Å². The summed E-state index contributed by atoms with van der Waals surface area (Å²) in [5.41, 5.74) is 14.6. The molecule has 2 aromatic carbocycles. The second-order valence-corrected chi connectivity index (χ2v) is 18.5. The van der Waals surface area contributed by atoms with Gasteiger partial charge in [0.2, 0.25) is 11.6 Å². The second kappa shape index (κ2) is 20.3. The standard InChI is InChI=1S/C46H61ClN4O6S/c1-45(2)36-19-7-9-21-38(36)50(30-13-5-6-24-43(53)49-29-12-11-23-42(48)57-33-52)40(45)27-25-34-17-16-18-35(44(34)47)26-28-41-46(3,4)37-20-8-10-22-39(37)51(41)31-14-15-32-58(54,55)56/h7-10,19-22,25-28,33,42H,5-6,11-18,23-24,29-32,48H2,1-4H3,(H-,49,53,54,55,56). The van der Waals surface area contributed by atoms with Crippen molar-refractivity contribution in [1.29, 1.82) is 0 Å². The van der Waals surface area contributed by atoms with Crippen molar-refractivity contribution in [3.63, 3.8) is 0 Å². The van der Waals surface area contributed by atoms with Crippen LogP contribution in [-0.4, -0.2) is 67.3 Å². The Balaban J connectivity index is 1.28. The second-order valence-electron chi connectivity index (χ2n) is 16.6. The van der Waals surface area contributed by atoms with Gasteiger partial charge in [0.1, 0.15) is 6.54 Å². The molecule has 2 heterocycles. The molecule has 0 radical (unpaired) electrons. The molecule has 0 spiro atoms. The number of anilines is 1. The Morgan fingerprint density at radius 2 is 1.69 bits per heavy atom. The molecule has 5 rings (SSSR count). The van der Waals surface area contributed by atoms with E-state index >= 15 is 0 Å². The molecule has 0 fully saturated rings. The quantitative estimate of drug-likeness (QED) is 0.0419. The van der Waals surface area contributed by atoms with Crippen LogP contribution in [0.15, 0.2) is 94.7 Å². The van der Waals surface area contributed by atoms with Gasteiger partial charge in [-0.25, -0.2) is 8.42 Å². The lowest BCUT2D eigenvalue weighted by molar-refractivity contribution is -0.438. The smallest absolute Gasteiger partial charge is 0.294 e. The number of benzene rings is 2. The molecule has 2 aromatic rings. The van der Waals surface area contributed by atoms with Crippen molar-refractivity contribution in [2.75, 3.05) is 30.3 Å². The van der Waals surface area contributed by atoms with Crippen molar-refractivity contribution in [3.8, 4) is 0 Å². The molecule has 314 valence electrons. The van der Waals surface area contributed by atoms with E-state index in [-0.39, 0.29) is 22.5 Å². The van der Waals surface area contributed by atoms with E-state index in [0.717, 1.165) is 85.5 Å². The van der Waals surface area contributed by atoms with Crippen LogP contribution in [0.25, 0.3) is 0 Å². The lowest BCUT2D eigenvalue weighted by Gasteiger charge is -2.27. The Hall–Kier alpha value is -4.03. The number of hydrogen-bond donors (Lipinski definition) is 2. The summed E-state index contributed by atoms with van der Waals surface area (Å²) in [5, 5.41) is 3.77. The number of para-hydroxylation sites is 2. The van der Waals surface area contributed by atoms with Gasteiger partial charge >= 0.3 is 0 Å². The molecule has 1 atom stereocenters. The number of ether oxygens (including phenoxy) is 1. The van der Waals surface area contributed by atoms with Gasteiger partial charge in [-0.2, -0.15) is 4.58 Å². The SMILES string of the molecule is CC1(C)C(/C=C/C2=C(Cl)C(=C/C=C3/N(CCCCS(=O)(=O)[O-])c4ccccc4C3(C)C)/CCC2)=[N+](CCCCCC(=O)NCCCCC(N)OC=O)c2ccccc21. The average molecular weight is 834 g/mol. The van der Waals surface area contributed by atoms with Crippen molar-refractivity contribution in [1.82, 2.24) is 5.32 Å². The molecule has 1 aliphatic carbocycles. The van der Waals surface area contributed by atoms with E-state index in [1.54, 1.807) is 0 Å². The highest BCUT2D eigenvalue weighted by Crippen LogP contribution is 2.48. The number of nitrogens with zero attached hydrogens (tertiary/aromatic N) is 2. The van der Waals surface area contributed by atoms with Crippen molar-refractivity contribution < 1.29 is 31.9 Å². The summed E-state index contributed by atoms with van der Waals surface area (Å²) >= 11 is 7.23. The summed E-state index contributed by atoms with van der Waals surface area (Å²) in [4.78, 5) is 25.1. The zero-order valence-corrected chi connectivity index (χ0v) is 36.2. The van der Waals surface area contributed by atoms with Crippen molar-refractivity contribution in [3.05, 3.63) is 106 Å². The summed E-state index contributed by atoms with van der Waals surface area (Å²) in [6, 6.07) is 16.9. The van der Waals surface area contributed by atoms with Gasteiger partial charge in [-0.3, -0.25) is 15.3 Å². The van der Waals surface area contributed by atoms with E-state index in [2.05, 4.69) is 103 Å². The fourth-order valence-electron chi connectivity index (χ4n) is 8.54. The van der Waals surface area contributed by atoms with Crippen LogP contribution in [-0.2, 0) is 35.3 Å². The van der Waals surface area contributed by atoms with Crippen LogP contribution in [0.5, 0.6) is 0 Å². The molecule has 0 aromatic heterocycles. The number of carbonyl (C=O) groups is 2. The normalized spacial score (nSPS) is 19.3. The lowest BCUT2D eigenvalue weighted by Crippen LogP contribution is -2.28. The lowest BCUT2D eigenvalue weighted by atomic mass is 9.81. The number of allylic oxidation sites excluding steroid dienone is 8. The first-order chi connectivity index (χ1) is 27.6. The number of rotatable bonds is 21. The van der Waals surface area contributed by atoms with Gasteiger partial charge < -0.3 is 19.5 Å². The van der Waals surface area contributed by atoms with Crippen LogP contribution in [0, 0.1) is 0 Å². The summed E-state index contributed by atoms with van der Waals surface area (Å²) in [6.45, 7) is 11.4. The largest absolute Gasteiger partial charge is 0.748 e. The molecule has 0 saturated heterocycles. The Morgan fingerprint density at radius 1 is 0.948 bits per heavy atom. The highest BCUT2D eigenvalue weighted by molar-refractivity contribution is 7.85. The summed E-state index contributed by atoms with van der Waals surface area (Å²) in [7, 11) is -4.25. The number of nitrogens with two attached hydrogens (primary N) is 1. The van der Waals surface area contributed by atoms with E-state index in [1.165, 1.54) is 22.5 Å². The van der Waals surface area contributed by atoms with E-state index in [4.69, 9.17) is 22.1 Å². The first-order valence-corrected chi connectivity index (χ1v) is 22.8. The maximum Gasteiger partial charge on any atom is 0.294 e. The number of fused-ring (bicyclic) bond motifs is 2. The Kier molecular flexibility index (Phi) is 15.8.